The average molecular weight is 695 g/mol. The van der Waals surface area contributed by atoms with Gasteiger partial charge in [0.25, 0.3) is 0 Å². The normalized spacial score (nSPS) is 11.8. The molecule has 0 atom stereocenters. The maximum atomic E-state index is 5.27. The average Bonchev–Trinajstić information content (AvgIpc) is 3.93. The first-order valence-corrected chi connectivity index (χ1v) is 18.6. The summed E-state index contributed by atoms with van der Waals surface area (Å²) in [5, 5.41) is 6.25. The van der Waals surface area contributed by atoms with E-state index in [1.165, 1.54) is 53.0 Å². The van der Waals surface area contributed by atoms with E-state index in [9.17, 15) is 0 Å². The van der Waals surface area contributed by atoms with Crippen molar-refractivity contribution in [3.63, 3.8) is 0 Å². The molecule has 0 aliphatic carbocycles. The van der Waals surface area contributed by atoms with E-state index >= 15 is 0 Å². The molecule has 0 aliphatic rings. The molecule has 0 fully saturated rings. The van der Waals surface area contributed by atoms with Crippen LogP contribution in [0.2, 0.25) is 0 Å². The van der Waals surface area contributed by atoms with Crippen molar-refractivity contribution in [1.82, 2.24) is 19.1 Å². The second kappa shape index (κ2) is 11.9. The Morgan fingerprint density at radius 1 is 0.491 bits per heavy atom. The van der Waals surface area contributed by atoms with Crippen molar-refractivity contribution in [2.75, 3.05) is 0 Å². The number of nitrogens with zero attached hydrogens (tertiary/aromatic N) is 4. The summed E-state index contributed by atoms with van der Waals surface area (Å²) in [5.41, 5.74) is 10.8. The van der Waals surface area contributed by atoms with Crippen LogP contribution in [0.15, 0.2) is 182 Å². The van der Waals surface area contributed by atoms with Crippen LogP contribution < -0.4 is 0 Å². The summed E-state index contributed by atoms with van der Waals surface area (Å²) in [7, 11) is 0. The number of para-hydroxylation sites is 1. The third-order valence-corrected chi connectivity index (χ3v) is 11.6. The minimum Gasteiger partial charge on any atom is -0.317 e. The van der Waals surface area contributed by atoms with E-state index in [1.807, 2.05) is 35.7 Å². The smallest absolute Gasteiger partial charge is 0.159 e. The molecule has 53 heavy (non-hydrogen) atoms. The molecule has 11 rings (SSSR count). The van der Waals surface area contributed by atoms with Gasteiger partial charge in [-0.05, 0) is 65.0 Å². The van der Waals surface area contributed by atoms with Crippen LogP contribution in [0.4, 0.5) is 0 Å². The van der Waals surface area contributed by atoms with Gasteiger partial charge >= 0.3 is 0 Å². The zero-order valence-corrected chi connectivity index (χ0v) is 29.3. The van der Waals surface area contributed by atoms with Gasteiger partial charge in [0.2, 0.25) is 0 Å². The van der Waals surface area contributed by atoms with Crippen LogP contribution in [-0.4, -0.2) is 19.1 Å². The Morgan fingerprint density at radius 2 is 1.19 bits per heavy atom. The van der Waals surface area contributed by atoms with Crippen molar-refractivity contribution in [2.45, 2.75) is 0 Å². The Balaban J connectivity index is 1.20. The molecule has 11 aromatic rings. The summed E-state index contributed by atoms with van der Waals surface area (Å²) in [6, 6.07) is 60.5. The quantitative estimate of drug-likeness (QED) is 0.180. The Hall–Kier alpha value is -6.82. The molecule has 4 heterocycles. The monoisotopic (exact) mass is 694 g/mol. The van der Waals surface area contributed by atoms with E-state index in [-0.39, 0.29) is 0 Å². The van der Waals surface area contributed by atoms with Crippen LogP contribution in [0.25, 0.3) is 98.0 Å². The molecule has 4 nitrogen and oxygen atoms in total. The SMILES string of the molecule is c1ccc(-c2ncc(-n3c4ccc(-c5ccc6ccn(-c7ccccc7)c6c5)cc4c4c5sc6ccccc6c5ccc43)c(-c3ccccc3)n2)cc1. The first kappa shape index (κ1) is 29.9. The van der Waals surface area contributed by atoms with Crippen molar-refractivity contribution in [2.24, 2.45) is 0 Å². The largest absolute Gasteiger partial charge is 0.317 e. The molecule has 0 amide bonds. The Bertz CT molecular complexity index is 3160. The van der Waals surface area contributed by atoms with Crippen LogP contribution in [-0.2, 0) is 0 Å². The van der Waals surface area contributed by atoms with Gasteiger partial charge in [-0.2, -0.15) is 0 Å². The van der Waals surface area contributed by atoms with Gasteiger partial charge in [0.05, 0.1) is 34.1 Å². The number of rotatable bonds is 5. The summed E-state index contributed by atoms with van der Waals surface area (Å²) >= 11 is 1.87. The van der Waals surface area contributed by atoms with Gasteiger partial charge in [-0.15, -0.1) is 11.3 Å². The van der Waals surface area contributed by atoms with Crippen molar-refractivity contribution in [3.8, 4) is 45.1 Å². The van der Waals surface area contributed by atoms with E-state index in [4.69, 9.17) is 9.97 Å². The fourth-order valence-electron chi connectivity index (χ4n) is 7.92. The topological polar surface area (TPSA) is 35.6 Å². The lowest BCUT2D eigenvalue weighted by Crippen LogP contribution is -2.02. The molecule has 0 radical (unpaired) electrons. The maximum absolute atomic E-state index is 5.27. The van der Waals surface area contributed by atoms with Crippen molar-refractivity contribution in [1.29, 1.82) is 0 Å². The highest BCUT2D eigenvalue weighted by atomic mass is 32.1. The molecule has 0 unspecified atom stereocenters. The second-order valence-electron chi connectivity index (χ2n) is 13.5. The van der Waals surface area contributed by atoms with Gasteiger partial charge in [-0.3, -0.25) is 0 Å². The van der Waals surface area contributed by atoms with E-state index < -0.39 is 0 Å². The van der Waals surface area contributed by atoms with Crippen molar-refractivity contribution < 1.29 is 0 Å². The summed E-state index contributed by atoms with van der Waals surface area (Å²) in [6.07, 6.45) is 4.17. The minimum atomic E-state index is 0.707. The van der Waals surface area contributed by atoms with Crippen LogP contribution in [0.3, 0.4) is 0 Å². The third-order valence-electron chi connectivity index (χ3n) is 10.4. The van der Waals surface area contributed by atoms with Crippen molar-refractivity contribution >= 4 is 64.2 Å². The molecule has 0 bridgehead atoms. The highest BCUT2D eigenvalue weighted by Crippen LogP contribution is 2.45. The lowest BCUT2D eigenvalue weighted by molar-refractivity contribution is 1.09. The first-order valence-electron chi connectivity index (χ1n) is 17.8. The van der Waals surface area contributed by atoms with Crippen LogP contribution in [0.1, 0.15) is 0 Å². The number of aromatic nitrogens is 4. The zero-order valence-electron chi connectivity index (χ0n) is 28.5. The molecular weight excluding hydrogens is 665 g/mol. The molecule has 0 saturated carbocycles. The van der Waals surface area contributed by atoms with E-state index in [0.29, 0.717) is 5.82 Å². The third kappa shape index (κ3) is 4.75. The fraction of sp³-hybridized carbons (Fsp3) is 0. The van der Waals surface area contributed by atoms with Gasteiger partial charge in [0.1, 0.15) is 0 Å². The van der Waals surface area contributed by atoms with Crippen molar-refractivity contribution in [3.05, 3.63) is 182 Å². The predicted octanol–water partition coefficient (Wildman–Crippen LogP) is 12.9. The molecule has 0 N–H and O–H groups in total. The molecule has 0 spiro atoms. The van der Waals surface area contributed by atoms with Gasteiger partial charge in [0, 0.05) is 54.0 Å². The van der Waals surface area contributed by atoms with E-state index in [1.54, 1.807) is 0 Å². The van der Waals surface area contributed by atoms with Gasteiger partial charge in [0.15, 0.2) is 5.82 Å². The van der Waals surface area contributed by atoms with E-state index in [2.05, 4.69) is 167 Å². The Morgan fingerprint density at radius 3 is 2.02 bits per heavy atom. The number of benzene rings is 7. The number of hydrogen-bond acceptors (Lipinski definition) is 3. The summed E-state index contributed by atoms with van der Waals surface area (Å²) < 4.78 is 7.23. The second-order valence-corrected chi connectivity index (χ2v) is 14.5. The van der Waals surface area contributed by atoms with Gasteiger partial charge < -0.3 is 9.13 Å². The van der Waals surface area contributed by atoms with Gasteiger partial charge in [-0.25, -0.2) is 9.97 Å². The van der Waals surface area contributed by atoms with Crippen LogP contribution in [0, 0.1) is 0 Å². The highest BCUT2D eigenvalue weighted by Gasteiger charge is 2.22. The lowest BCUT2D eigenvalue weighted by atomic mass is 10.0. The Labute approximate surface area is 309 Å². The maximum Gasteiger partial charge on any atom is 0.159 e. The van der Waals surface area contributed by atoms with Crippen LogP contribution in [0.5, 0.6) is 0 Å². The van der Waals surface area contributed by atoms with Gasteiger partial charge in [-0.1, -0.05) is 121 Å². The number of thiophene rings is 1. The number of fused-ring (bicyclic) bond motifs is 8. The number of hydrogen-bond donors (Lipinski definition) is 0. The fourth-order valence-corrected chi connectivity index (χ4v) is 9.18. The predicted molar refractivity (Wildman–Crippen MR) is 222 cm³/mol. The summed E-state index contributed by atoms with van der Waals surface area (Å²) in [5.74, 6) is 0.707. The Kier molecular flexibility index (Phi) is 6.69. The molecule has 7 aromatic carbocycles. The molecule has 5 heteroatoms. The minimum absolute atomic E-state index is 0.707. The summed E-state index contributed by atoms with van der Waals surface area (Å²) in [6.45, 7) is 0. The molecule has 4 aromatic heterocycles. The molecule has 248 valence electrons. The lowest BCUT2D eigenvalue weighted by Gasteiger charge is -2.14. The highest BCUT2D eigenvalue weighted by molar-refractivity contribution is 7.26. The molecule has 0 aliphatic heterocycles. The van der Waals surface area contributed by atoms with Crippen LogP contribution >= 0.6 is 11.3 Å². The summed E-state index contributed by atoms with van der Waals surface area (Å²) in [4.78, 5) is 10.3. The standard InChI is InChI=1S/C48H30N4S/c1-4-12-32(13-5-1)46-43(30-49-48(50-46)33-14-6-2-7-15-33)52-40-24-22-34(35-21-20-31-26-27-51(42(31)29-35)36-16-8-3-9-17-36)28-39(40)45-41(52)25-23-38-37-18-10-11-19-44(37)53-47(38)45/h1-30H. The zero-order chi connectivity index (χ0) is 34.9. The van der Waals surface area contributed by atoms with E-state index in [0.717, 1.165) is 39.2 Å². The first-order chi connectivity index (χ1) is 26.3. The molecule has 0 saturated heterocycles. The molecular formula is C48H30N4S.